The van der Waals surface area contributed by atoms with Gasteiger partial charge in [0.25, 0.3) is 0 Å². The average Bonchev–Trinajstić information content (AvgIpc) is 2.56. The van der Waals surface area contributed by atoms with Crippen molar-refractivity contribution in [2.75, 3.05) is 5.73 Å². The van der Waals surface area contributed by atoms with Crippen molar-refractivity contribution in [2.45, 2.75) is 6.61 Å². The molecule has 0 aliphatic heterocycles. The van der Waals surface area contributed by atoms with Gasteiger partial charge in [0, 0.05) is 0 Å². The van der Waals surface area contributed by atoms with Crippen molar-refractivity contribution in [3.8, 4) is 16.9 Å². The molecule has 0 fully saturated rings. The highest BCUT2D eigenvalue weighted by molar-refractivity contribution is 5.63. The number of benzene rings is 2. The Morgan fingerprint density at radius 3 is 2.19 bits per heavy atom. The van der Waals surface area contributed by atoms with Crippen molar-refractivity contribution < 1.29 is 4.74 Å². The number of anilines is 1. The number of ether oxygens (including phenoxy) is 1. The van der Waals surface area contributed by atoms with E-state index < -0.39 is 0 Å². The maximum Gasteiger partial charge on any atom is 0.141 e. The van der Waals surface area contributed by atoms with Crippen molar-refractivity contribution in [2.24, 2.45) is 0 Å². The smallest absolute Gasteiger partial charge is 0.141 e. The molecule has 4 nitrogen and oxygen atoms in total. The van der Waals surface area contributed by atoms with Gasteiger partial charge in [-0.15, -0.1) is 0 Å². The van der Waals surface area contributed by atoms with Crippen LogP contribution in [0.1, 0.15) is 5.69 Å². The molecule has 1 aromatic heterocycles. The number of hydrogen-bond donors (Lipinski definition) is 1. The van der Waals surface area contributed by atoms with Gasteiger partial charge in [0.1, 0.15) is 18.2 Å². The third-order valence-corrected chi connectivity index (χ3v) is 3.07. The second kappa shape index (κ2) is 6.05. The molecule has 21 heavy (non-hydrogen) atoms. The van der Waals surface area contributed by atoms with Crippen LogP contribution in [0.4, 0.5) is 5.82 Å². The summed E-state index contributed by atoms with van der Waals surface area (Å²) in [6.07, 6.45) is 3.14. The molecule has 3 rings (SSSR count). The molecule has 0 amide bonds. The molecule has 0 bridgehead atoms. The highest BCUT2D eigenvalue weighted by atomic mass is 16.5. The van der Waals surface area contributed by atoms with Gasteiger partial charge in [-0.2, -0.15) is 0 Å². The van der Waals surface area contributed by atoms with Crippen molar-refractivity contribution in [3.63, 3.8) is 0 Å². The predicted molar refractivity (Wildman–Crippen MR) is 82.7 cm³/mol. The summed E-state index contributed by atoms with van der Waals surface area (Å²) in [5.41, 5.74) is 8.59. The lowest BCUT2D eigenvalue weighted by atomic mass is 10.1. The average molecular weight is 277 g/mol. The van der Waals surface area contributed by atoms with Crippen LogP contribution in [0.25, 0.3) is 11.1 Å². The van der Waals surface area contributed by atoms with Crippen molar-refractivity contribution >= 4 is 5.82 Å². The molecule has 0 unspecified atom stereocenters. The fraction of sp³-hybridized carbons (Fsp3) is 0.0588. The standard InChI is InChI=1S/C17H15N3O/c18-17-11-19-15(10-20-17)12-21-16-8-6-14(7-9-16)13-4-2-1-3-5-13/h1-11H,12H2,(H2,18,20). The first-order chi connectivity index (χ1) is 10.3. The van der Waals surface area contributed by atoms with Crippen LogP contribution >= 0.6 is 0 Å². The minimum Gasteiger partial charge on any atom is -0.487 e. The number of nitrogens with zero attached hydrogens (tertiary/aromatic N) is 2. The van der Waals surface area contributed by atoms with E-state index in [9.17, 15) is 0 Å². The molecular formula is C17H15N3O. The van der Waals surface area contributed by atoms with Gasteiger partial charge in [-0.3, -0.25) is 4.98 Å². The number of hydrogen-bond acceptors (Lipinski definition) is 4. The van der Waals surface area contributed by atoms with Crippen LogP contribution in [0.15, 0.2) is 67.0 Å². The lowest BCUT2D eigenvalue weighted by Gasteiger charge is -2.07. The Morgan fingerprint density at radius 1 is 0.810 bits per heavy atom. The van der Waals surface area contributed by atoms with Gasteiger partial charge in [0.15, 0.2) is 0 Å². The molecule has 0 saturated carbocycles. The maximum absolute atomic E-state index is 5.68. The zero-order valence-corrected chi connectivity index (χ0v) is 11.4. The van der Waals surface area contributed by atoms with Crippen LogP contribution in [0.2, 0.25) is 0 Å². The number of nitrogens with two attached hydrogens (primary N) is 1. The monoisotopic (exact) mass is 277 g/mol. The van der Waals surface area contributed by atoms with E-state index in [1.54, 1.807) is 6.20 Å². The van der Waals surface area contributed by atoms with Crippen LogP contribution in [0.3, 0.4) is 0 Å². The summed E-state index contributed by atoms with van der Waals surface area (Å²) in [5, 5.41) is 0. The molecule has 0 aliphatic carbocycles. The van der Waals surface area contributed by atoms with Crippen LogP contribution in [0.5, 0.6) is 5.75 Å². The topological polar surface area (TPSA) is 61.0 Å². The molecule has 0 spiro atoms. The SMILES string of the molecule is Nc1cnc(COc2ccc(-c3ccccc3)cc2)cn1. The van der Waals surface area contributed by atoms with E-state index in [0.29, 0.717) is 12.4 Å². The normalized spacial score (nSPS) is 10.3. The molecule has 0 saturated heterocycles. The van der Waals surface area contributed by atoms with E-state index in [0.717, 1.165) is 17.0 Å². The first-order valence-electron chi connectivity index (χ1n) is 6.66. The summed E-state index contributed by atoms with van der Waals surface area (Å²) in [7, 11) is 0. The minimum absolute atomic E-state index is 0.373. The Hall–Kier alpha value is -2.88. The zero-order valence-electron chi connectivity index (χ0n) is 11.4. The molecule has 1 heterocycles. The molecule has 4 heteroatoms. The summed E-state index contributed by atoms with van der Waals surface area (Å²) in [5.74, 6) is 1.21. The van der Waals surface area contributed by atoms with Gasteiger partial charge in [-0.25, -0.2) is 4.98 Å². The molecule has 0 aliphatic rings. The highest BCUT2D eigenvalue weighted by Gasteiger charge is 2.00. The van der Waals surface area contributed by atoms with Gasteiger partial charge >= 0.3 is 0 Å². The van der Waals surface area contributed by atoms with Gasteiger partial charge < -0.3 is 10.5 Å². The molecule has 3 aromatic rings. The number of nitrogen functional groups attached to an aromatic ring is 1. The fourth-order valence-electron chi connectivity index (χ4n) is 1.97. The molecular weight excluding hydrogens is 262 g/mol. The van der Waals surface area contributed by atoms with Crippen molar-refractivity contribution in [1.82, 2.24) is 9.97 Å². The Morgan fingerprint density at radius 2 is 1.52 bits per heavy atom. The lowest BCUT2D eigenvalue weighted by molar-refractivity contribution is 0.301. The first-order valence-corrected chi connectivity index (χ1v) is 6.66. The van der Waals surface area contributed by atoms with E-state index in [1.807, 2.05) is 42.5 Å². The quantitative estimate of drug-likeness (QED) is 0.794. The van der Waals surface area contributed by atoms with E-state index in [4.69, 9.17) is 10.5 Å². The van der Waals surface area contributed by atoms with Crippen LogP contribution < -0.4 is 10.5 Å². The fourth-order valence-corrected chi connectivity index (χ4v) is 1.97. The predicted octanol–water partition coefficient (Wildman–Crippen LogP) is 3.30. The zero-order chi connectivity index (χ0) is 14.5. The third kappa shape index (κ3) is 3.36. The van der Waals surface area contributed by atoms with Crippen LogP contribution in [-0.2, 0) is 6.61 Å². The molecule has 104 valence electrons. The summed E-state index contributed by atoms with van der Waals surface area (Å²) in [6.45, 7) is 0.373. The van der Waals surface area contributed by atoms with E-state index in [2.05, 4.69) is 22.1 Å². The highest BCUT2D eigenvalue weighted by Crippen LogP contribution is 2.22. The van der Waals surface area contributed by atoms with Gasteiger partial charge in [-0.1, -0.05) is 42.5 Å². The Kier molecular flexibility index (Phi) is 3.78. The summed E-state index contributed by atoms with van der Waals surface area (Å²) in [6, 6.07) is 18.2. The van der Waals surface area contributed by atoms with E-state index in [-0.39, 0.29) is 0 Å². The largest absolute Gasteiger partial charge is 0.487 e. The molecule has 0 radical (unpaired) electrons. The molecule has 2 aromatic carbocycles. The molecule has 2 N–H and O–H groups in total. The van der Waals surface area contributed by atoms with Crippen LogP contribution in [-0.4, -0.2) is 9.97 Å². The van der Waals surface area contributed by atoms with Crippen molar-refractivity contribution in [3.05, 3.63) is 72.7 Å². The summed E-state index contributed by atoms with van der Waals surface area (Å²) >= 11 is 0. The Balaban J connectivity index is 1.66. The summed E-state index contributed by atoms with van der Waals surface area (Å²) < 4.78 is 5.68. The summed E-state index contributed by atoms with van der Waals surface area (Å²) in [4.78, 5) is 8.13. The Labute approximate surface area is 123 Å². The number of rotatable bonds is 4. The molecule has 0 atom stereocenters. The Bertz CT molecular complexity index is 694. The van der Waals surface area contributed by atoms with Crippen molar-refractivity contribution in [1.29, 1.82) is 0 Å². The first kappa shape index (κ1) is 13.1. The lowest BCUT2D eigenvalue weighted by Crippen LogP contribution is -2.00. The van der Waals surface area contributed by atoms with Gasteiger partial charge in [0.2, 0.25) is 0 Å². The minimum atomic E-state index is 0.373. The van der Waals surface area contributed by atoms with Gasteiger partial charge in [-0.05, 0) is 23.3 Å². The van der Waals surface area contributed by atoms with Gasteiger partial charge in [0.05, 0.1) is 18.1 Å². The number of aromatic nitrogens is 2. The maximum atomic E-state index is 5.68. The van der Waals surface area contributed by atoms with E-state index >= 15 is 0 Å². The van der Waals surface area contributed by atoms with E-state index in [1.165, 1.54) is 11.8 Å². The second-order valence-corrected chi connectivity index (χ2v) is 4.61. The van der Waals surface area contributed by atoms with Crippen LogP contribution in [0, 0.1) is 0 Å². The third-order valence-electron chi connectivity index (χ3n) is 3.07. The second-order valence-electron chi connectivity index (χ2n) is 4.61.